The highest BCUT2D eigenvalue weighted by Crippen LogP contribution is 2.51. The Morgan fingerprint density at radius 3 is 1.48 bits per heavy atom. The van der Waals surface area contributed by atoms with E-state index in [1.54, 1.807) is 54.6 Å². The molecule has 4 nitrogen and oxygen atoms in total. The maximum Gasteiger partial charge on any atom is 0.647 e. The highest BCUT2D eigenvalue weighted by atomic mass is 31.2. The van der Waals surface area contributed by atoms with Gasteiger partial charge in [-0.05, 0) is 35.9 Å². The molecule has 0 unspecified atom stereocenters. The molecule has 0 heterocycles. The van der Waals surface area contributed by atoms with E-state index in [9.17, 15) is 4.57 Å². The Labute approximate surface area is 169 Å². The fourth-order valence-corrected chi connectivity index (χ4v) is 4.07. The van der Waals surface area contributed by atoms with Crippen molar-refractivity contribution in [2.75, 3.05) is 0 Å². The topological polar surface area (TPSA) is 44.8 Å². The first-order valence-corrected chi connectivity index (χ1v) is 10.6. The minimum Gasteiger partial charge on any atom is -0.386 e. The first-order valence-electron chi connectivity index (χ1n) is 9.15. The van der Waals surface area contributed by atoms with E-state index < -0.39 is 7.82 Å². The van der Waals surface area contributed by atoms with Crippen LogP contribution in [0.1, 0.15) is 0 Å². The van der Waals surface area contributed by atoms with Gasteiger partial charge < -0.3 is 13.6 Å². The molecule has 0 N–H and O–H groups in total. The van der Waals surface area contributed by atoms with E-state index in [-0.39, 0.29) is 0 Å². The lowest BCUT2D eigenvalue weighted by molar-refractivity contribution is 0.299. The monoisotopic (exact) mass is 402 g/mol. The summed E-state index contributed by atoms with van der Waals surface area (Å²) in [5.41, 5.74) is 1.73. The Hall–Kier alpha value is -3.49. The van der Waals surface area contributed by atoms with Crippen molar-refractivity contribution in [3.8, 4) is 28.4 Å². The molecule has 0 atom stereocenters. The molecule has 0 aliphatic heterocycles. The van der Waals surface area contributed by atoms with Gasteiger partial charge in [-0.25, -0.2) is 0 Å². The minimum atomic E-state index is -4.03. The summed E-state index contributed by atoms with van der Waals surface area (Å²) < 4.78 is 31.0. The fourth-order valence-electron chi connectivity index (χ4n) is 2.80. The van der Waals surface area contributed by atoms with Gasteiger partial charge in [0.1, 0.15) is 17.2 Å². The third kappa shape index (κ3) is 4.87. The highest BCUT2D eigenvalue weighted by Gasteiger charge is 2.34. The summed E-state index contributed by atoms with van der Waals surface area (Å²) in [6.45, 7) is 0. The number of benzene rings is 4. The van der Waals surface area contributed by atoms with Crippen LogP contribution in [-0.2, 0) is 4.57 Å². The van der Waals surface area contributed by atoms with Crippen molar-refractivity contribution in [1.29, 1.82) is 0 Å². The molecule has 4 aromatic carbocycles. The molecule has 0 amide bonds. The largest absolute Gasteiger partial charge is 0.647 e. The van der Waals surface area contributed by atoms with E-state index in [1.165, 1.54) is 0 Å². The van der Waals surface area contributed by atoms with Crippen LogP contribution in [0, 0.1) is 0 Å². The summed E-state index contributed by atoms with van der Waals surface area (Å²) in [5, 5.41) is 0. The second-order valence-electron chi connectivity index (χ2n) is 6.21. The average molecular weight is 402 g/mol. The van der Waals surface area contributed by atoms with Gasteiger partial charge >= 0.3 is 7.82 Å². The Balaban J connectivity index is 1.70. The number of phosphoric acid groups is 1. The van der Waals surface area contributed by atoms with Crippen molar-refractivity contribution >= 4 is 7.82 Å². The number of hydrogen-bond donors (Lipinski definition) is 0. The van der Waals surface area contributed by atoms with Gasteiger partial charge in [-0.1, -0.05) is 84.9 Å². The van der Waals surface area contributed by atoms with Crippen LogP contribution in [0.5, 0.6) is 17.2 Å². The minimum absolute atomic E-state index is 0.393. The maximum atomic E-state index is 13.6. The van der Waals surface area contributed by atoms with Gasteiger partial charge in [0.15, 0.2) is 0 Å². The van der Waals surface area contributed by atoms with E-state index in [0.717, 1.165) is 11.1 Å². The van der Waals surface area contributed by atoms with Gasteiger partial charge in [-0.2, -0.15) is 4.57 Å². The van der Waals surface area contributed by atoms with Gasteiger partial charge in [0.2, 0.25) is 0 Å². The summed E-state index contributed by atoms with van der Waals surface area (Å²) in [7, 11) is -4.03. The Morgan fingerprint density at radius 1 is 0.483 bits per heavy atom. The number of phosphoric ester groups is 1. The van der Waals surface area contributed by atoms with Crippen LogP contribution >= 0.6 is 7.82 Å². The molecule has 29 heavy (non-hydrogen) atoms. The highest BCUT2D eigenvalue weighted by molar-refractivity contribution is 7.49. The third-order valence-corrected chi connectivity index (χ3v) is 5.39. The lowest BCUT2D eigenvalue weighted by Crippen LogP contribution is -2.08. The molecule has 0 aliphatic carbocycles. The molecule has 0 spiro atoms. The molecule has 4 rings (SSSR count). The van der Waals surface area contributed by atoms with Crippen LogP contribution in [-0.4, -0.2) is 0 Å². The van der Waals surface area contributed by atoms with Gasteiger partial charge in [0.05, 0.1) is 0 Å². The predicted molar refractivity (Wildman–Crippen MR) is 114 cm³/mol. The molecule has 0 aromatic heterocycles. The van der Waals surface area contributed by atoms with Gasteiger partial charge in [0, 0.05) is 5.56 Å². The zero-order valence-corrected chi connectivity index (χ0v) is 16.4. The van der Waals surface area contributed by atoms with Crippen LogP contribution in [0.15, 0.2) is 115 Å². The molecule has 0 saturated heterocycles. The Kier molecular flexibility index (Phi) is 5.64. The molecule has 0 radical (unpaired) electrons. The first kappa shape index (κ1) is 18.9. The second-order valence-corrected chi connectivity index (χ2v) is 7.65. The summed E-state index contributed by atoms with van der Waals surface area (Å²) in [4.78, 5) is 0. The SMILES string of the molecule is O=P(Oc1ccccc1)(Oc1ccccc1)Oc1ccccc1-c1ccccc1. The van der Waals surface area contributed by atoms with Gasteiger partial charge in [0.25, 0.3) is 0 Å². The fraction of sp³-hybridized carbons (Fsp3) is 0. The summed E-state index contributed by atoms with van der Waals surface area (Å²) in [5.74, 6) is 1.20. The van der Waals surface area contributed by atoms with Gasteiger partial charge in [-0.15, -0.1) is 0 Å². The normalized spacial score (nSPS) is 10.9. The smallest absolute Gasteiger partial charge is 0.386 e. The lowest BCUT2D eigenvalue weighted by atomic mass is 10.1. The summed E-state index contributed by atoms with van der Waals surface area (Å²) in [6, 6.07) is 34.8. The van der Waals surface area contributed by atoms with Crippen LogP contribution in [0.2, 0.25) is 0 Å². The van der Waals surface area contributed by atoms with Crippen LogP contribution in [0.3, 0.4) is 0 Å². The number of para-hydroxylation sites is 3. The zero-order valence-electron chi connectivity index (χ0n) is 15.5. The Bertz CT molecular complexity index is 1050. The first-order chi connectivity index (χ1) is 14.2. The van der Waals surface area contributed by atoms with Crippen molar-refractivity contribution < 1.29 is 18.1 Å². The molecule has 0 fully saturated rings. The standard InChI is InChI=1S/C24H19O4P/c25-29(26-21-14-6-2-7-15-21,27-22-16-8-3-9-17-22)28-24-19-11-10-18-23(24)20-12-4-1-5-13-20/h1-19H. The second kappa shape index (κ2) is 8.68. The molecule has 0 aliphatic rings. The number of rotatable bonds is 7. The summed E-state index contributed by atoms with van der Waals surface area (Å²) in [6.07, 6.45) is 0. The van der Waals surface area contributed by atoms with Crippen molar-refractivity contribution in [2.24, 2.45) is 0 Å². The van der Waals surface area contributed by atoms with Crippen molar-refractivity contribution in [3.05, 3.63) is 115 Å². The van der Waals surface area contributed by atoms with E-state index in [4.69, 9.17) is 13.6 Å². The van der Waals surface area contributed by atoms with Crippen molar-refractivity contribution in [1.82, 2.24) is 0 Å². The summed E-state index contributed by atoms with van der Waals surface area (Å²) >= 11 is 0. The molecular weight excluding hydrogens is 383 g/mol. The molecule has 0 bridgehead atoms. The van der Waals surface area contributed by atoms with Crippen LogP contribution in [0.4, 0.5) is 0 Å². The molecule has 5 heteroatoms. The molecular formula is C24H19O4P. The van der Waals surface area contributed by atoms with Crippen LogP contribution in [0.25, 0.3) is 11.1 Å². The zero-order chi connectivity index (χ0) is 19.9. The van der Waals surface area contributed by atoms with E-state index in [2.05, 4.69) is 0 Å². The van der Waals surface area contributed by atoms with Gasteiger partial charge in [-0.3, -0.25) is 0 Å². The Morgan fingerprint density at radius 2 is 0.931 bits per heavy atom. The molecule has 4 aromatic rings. The third-order valence-electron chi connectivity index (χ3n) is 4.10. The van der Waals surface area contributed by atoms with Crippen molar-refractivity contribution in [2.45, 2.75) is 0 Å². The predicted octanol–water partition coefficient (Wildman–Crippen LogP) is 7.00. The molecule has 0 saturated carbocycles. The quantitative estimate of drug-likeness (QED) is 0.312. The van der Waals surface area contributed by atoms with E-state index in [0.29, 0.717) is 17.2 Å². The average Bonchev–Trinajstić information content (AvgIpc) is 2.76. The van der Waals surface area contributed by atoms with Crippen molar-refractivity contribution in [3.63, 3.8) is 0 Å². The number of hydrogen-bond acceptors (Lipinski definition) is 4. The van der Waals surface area contributed by atoms with Crippen LogP contribution < -0.4 is 13.6 Å². The lowest BCUT2D eigenvalue weighted by Gasteiger charge is -2.21. The molecule has 144 valence electrons. The maximum absolute atomic E-state index is 13.6. The van der Waals surface area contributed by atoms with E-state index >= 15 is 0 Å². The van der Waals surface area contributed by atoms with E-state index in [1.807, 2.05) is 60.7 Å².